The maximum Gasteiger partial charge on any atom is 0.278 e. The Balaban J connectivity index is 1.87. The van der Waals surface area contributed by atoms with Crippen molar-refractivity contribution in [1.29, 1.82) is 0 Å². The van der Waals surface area contributed by atoms with Gasteiger partial charge in [0.15, 0.2) is 5.69 Å². The number of rotatable bonds is 4. The second-order valence-corrected chi connectivity index (χ2v) is 6.03. The third-order valence-corrected chi connectivity index (χ3v) is 4.12. The Labute approximate surface area is 146 Å². The van der Waals surface area contributed by atoms with Crippen LogP contribution in [-0.4, -0.2) is 26.0 Å². The molecule has 0 bridgehead atoms. The standard InChI is InChI=1S/C19H20N4O2/c1-12-4-8-16(9-5-12)23-14(3)18(21-22-23)19(25)20-17-10-15(11-24)7-6-13(17)2/h4-10,24H,11H2,1-3H3,(H,20,25). The molecule has 0 fully saturated rings. The number of hydrogen-bond donors (Lipinski definition) is 2. The van der Waals surface area contributed by atoms with Crippen molar-refractivity contribution >= 4 is 11.6 Å². The van der Waals surface area contributed by atoms with E-state index in [1.807, 2.05) is 57.2 Å². The number of carbonyl (C=O) groups excluding carboxylic acids is 1. The van der Waals surface area contributed by atoms with E-state index in [1.54, 1.807) is 10.7 Å². The van der Waals surface area contributed by atoms with Gasteiger partial charge in [0.1, 0.15) is 0 Å². The topological polar surface area (TPSA) is 80.0 Å². The summed E-state index contributed by atoms with van der Waals surface area (Å²) in [6, 6.07) is 13.3. The fourth-order valence-electron chi connectivity index (χ4n) is 2.55. The zero-order valence-electron chi connectivity index (χ0n) is 14.4. The molecular weight excluding hydrogens is 316 g/mol. The maximum absolute atomic E-state index is 12.6. The number of aromatic nitrogens is 3. The Bertz CT molecular complexity index is 914. The van der Waals surface area contributed by atoms with Crippen molar-refractivity contribution in [2.45, 2.75) is 27.4 Å². The Morgan fingerprint density at radius 2 is 1.84 bits per heavy atom. The molecule has 0 spiro atoms. The average molecular weight is 336 g/mol. The normalized spacial score (nSPS) is 10.7. The number of nitrogens with one attached hydrogen (secondary N) is 1. The van der Waals surface area contributed by atoms with Crippen LogP contribution in [0.4, 0.5) is 5.69 Å². The molecule has 3 aromatic rings. The highest BCUT2D eigenvalue weighted by Gasteiger charge is 2.18. The highest BCUT2D eigenvalue weighted by atomic mass is 16.3. The molecule has 2 aromatic carbocycles. The second-order valence-electron chi connectivity index (χ2n) is 6.03. The van der Waals surface area contributed by atoms with Gasteiger partial charge in [-0.15, -0.1) is 5.10 Å². The minimum atomic E-state index is -0.325. The number of aryl methyl sites for hydroxylation is 2. The number of nitrogens with zero attached hydrogens (tertiary/aromatic N) is 3. The molecule has 3 rings (SSSR count). The van der Waals surface area contributed by atoms with Crippen molar-refractivity contribution in [1.82, 2.24) is 15.0 Å². The Morgan fingerprint density at radius 3 is 2.52 bits per heavy atom. The second kappa shape index (κ2) is 6.86. The SMILES string of the molecule is Cc1ccc(-n2nnc(C(=O)Nc3cc(CO)ccc3C)c2C)cc1. The first-order valence-corrected chi connectivity index (χ1v) is 8.00. The molecule has 0 unspecified atom stereocenters. The zero-order valence-corrected chi connectivity index (χ0v) is 14.4. The number of carbonyl (C=O) groups is 1. The summed E-state index contributed by atoms with van der Waals surface area (Å²) in [5.41, 5.74) is 5.24. The number of aliphatic hydroxyl groups excluding tert-OH is 1. The van der Waals surface area contributed by atoms with E-state index in [1.165, 1.54) is 0 Å². The van der Waals surface area contributed by atoms with Crippen molar-refractivity contribution < 1.29 is 9.90 Å². The van der Waals surface area contributed by atoms with Crippen LogP contribution in [0.1, 0.15) is 32.9 Å². The van der Waals surface area contributed by atoms with Crippen LogP contribution in [0.15, 0.2) is 42.5 Å². The Kier molecular flexibility index (Phi) is 4.63. The lowest BCUT2D eigenvalue weighted by Crippen LogP contribution is -2.15. The van der Waals surface area contributed by atoms with Gasteiger partial charge in [-0.3, -0.25) is 4.79 Å². The number of benzene rings is 2. The van der Waals surface area contributed by atoms with E-state index in [0.29, 0.717) is 11.4 Å². The number of amides is 1. The summed E-state index contributed by atoms with van der Waals surface area (Å²) < 4.78 is 1.64. The fourth-order valence-corrected chi connectivity index (χ4v) is 2.55. The summed E-state index contributed by atoms with van der Waals surface area (Å²) >= 11 is 0. The lowest BCUT2D eigenvalue weighted by molar-refractivity contribution is 0.102. The number of hydrogen-bond acceptors (Lipinski definition) is 4. The van der Waals surface area contributed by atoms with Gasteiger partial charge in [0.05, 0.1) is 18.0 Å². The summed E-state index contributed by atoms with van der Waals surface area (Å²) in [4.78, 5) is 12.6. The molecule has 0 saturated carbocycles. The van der Waals surface area contributed by atoms with Gasteiger partial charge in [-0.1, -0.05) is 35.0 Å². The molecule has 1 heterocycles. The van der Waals surface area contributed by atoms with Gasteiger partial charge in [-0.25, -0.2) is 4.68 Å². The lowest BCUT2D eigenvalue weighted by atomic mass is 10.1. The van der Waals surface area contributed by atoms with E-state index in [9.17, 15) is 9.90 Å². The summed E-state index contributed by atoms with van der Waals surface area (Å²) in [7, 11) is 0. The molecule has 128 valence electrons. The van der Waals surface area contributed by atoms with Crippen molar-refractivity contribution in [3.63, 3.8) is 0 Å². The third kappa shape index (κ3) is 3.44. The summed E-state index contributed by atoms with van der Waals surface area (Å²) in [6.45, 7) is 5.64. The zero-order chi connectivity index (χ0) is 18.0. The van der Waals surface area contributed by atoms with E-state index in [-0.39, 0.29) is 18.2 Å². The highest BCUT2D eigenvalue weighted by Crippen LogP contribution is 2.19. The van der Waals surface area contributed by atoms with Gasteiger partial charge in [-0.05, 0) is 50.1 Å². The molecule has 0 saturated heterocycles. The molecule has 0 aliphatic rings. The minimum absolute atomic E-state index is 0.0776. The van der Waals surface area contributed by atoms with Crippen molar-refractivity contribution in [2.75, 3.05) is 5.32 Å². The van der Waals surface area contributed by atoms with Gasteiger partial charge in [0.2, 0.25) is 0 Å². The van der Waals surface area contributed by atoms with Crippen LogP contribution in [0.2, 0.25) is 0 Å². The Hall–Kier alpha value is -2.99. The van der Waals surface area contributed by atoms with Crippen molar-refractivity contribution in [2.24, 2.45) is 0 Å². The molecule has 25 heavy (non-hydrogen) atoms. The molecule has 1 amide bonds. The first-order valence-electron chi connectivity index (χ1n) is 8.00. The van der Waals surface area contributed by atoms with Gasteiger partial charge < -0.3 is 10.4 Å². The predicted octanol–water partition coefficient (Wildman–Crippen LogP) is 2.94. The fraction of sp³-hybridized carbons (Fsp3) is 0.211. The van der Waals surface area contributed by atoms with E-state index in [4.69, 9.17) is 0 Å². The van der Waals surface area contributed by atoms with Crippen LogP contribution < -0.4 is 5.32 Å². The van der Waals surface area contributed by atoms with E-state index < -0.39 is 0 Å². The predicted molar refractivity (Wildman–Crippen MR) is 95.9 cm³/mol. The van der Waals surface area contributed by atoms with Crippen LogP contribution in [0.3, 0.4) is 0 Å². The molecule has 0 atom stereocenters. The van der Waals surface area contributed by atoms with Gasteiger partial charge >= 0.3 is 0 Å². The molecule has 1 aromatic heterocycles. The summed E-state index contributed by atoms with van der Waals surface area (Å²) in [6.07, 6.45) is 0. The largest absolute Gasteiger partial charge is 0.392 e. The number of anilines is 1. The molecule has 6 heteroatoms. The monoisotopic (exact) mass is 336 g/mol. The smallest absolute Gasteiger partial charge is 0.278 e. The van der Waals surface area contributed by atoms with Gasteiger partial charge in [-0.2, -0.15) is 0 Å². The van der Waals surface area contributed by atoms with E-state index in [2.05, 4.69) is 15.6 Å². The molecular formula is C19H20N4O2. The van der Waals surface area contributed by atoms with E-state index >= 15 is 0 Å². The first-order chi connectivity index (χ1) is 12.0. The molecule has 0 aliphatic heterocycles. The van der Waals surface area contributed by atoms with Crippen LogP contribution >= 0.6 is 0 Å². The molecule has 2 N–H and O–H groups in total. The van der Waals surface area contributed by atoms with Crippen LogP contribution in [0.5, 0.6) is 0 Å². The van der Waals surface area contributed by atoms with Crippen LogP contribution in [0.25, 0.3) is 5.69 Å². The molecule has 0 radical (unpaired) electrons. The third-order valence-electron chi connectivity index (χ3n) is 4.12. The summed E-state index contributed by atoms with van der Waals surface area (Å²) in [5.74, 6) is -0.325. The lowest BCUT2D eigenvalue weighted by Gasteiger charge is -2.09. The van der Waals surface area contributed by atoms with E-state index in [0.717, 1.165) is 22.4 Å². The van der Waals surface area contributed by atoms with Crippen molar-refractivity contribution in [3.05, 3.63) is 70.5 Å². The van der Waals surface area contributed by atoms with Crippen LogP contribution in [0, 0.1) is 20.8 Å². The average Bonchev–Trinajstić information content (AvgIpc) is 2.99. The van der Waals surface area contributed by atoms with Crippen molar-refractivity contribution in [3.8, 4) is 5.69 Å². The number of aliphatic hydroxyl groups is 1. The minimum Gasteiger partial charge on any atom is -0.392 e. The quantitative estimate of drug-likeness (QED) is 0.768. The Morgan fingerprint density at radius 1 is 1.12 bits per heavy atom. The molecule has 6 nitrogen and oxygen atoms in total. The first kappa shape index (κ1) is 16.9. The van der Waals surface area contributed by atoms with Gasteiger partial charge in [0, 0.05) is 5.69 Å². The highest BCUT2D eigenvalue weighted by molar-refractivity contribution is 6.04. The van der Waals surface area contributed by atoms with Gasteiger partial charge in [0.25, 0.3) is 5.91 Å². The molecule has 0 aliphatic carbocycles. The van der Waals surface area contributed by atoms with Crippen LogP contribution in [-0.2, 0) is 6.61 Å². The maximum atomic E-state index is 12.6. The summed E-state index contributed by atoms with van der Waals surface area (Å²) in [5, 5.41) is 20.2.